The predicted molar refractivity (Wildman–Crippen MR) is 58.1 cm³/mol. The van der Waals surface area contributed by atoms with Crippen LogP contribution >= 0.6 is 0 Å². The molecule has 0 radical (unpaired) electrons. The summed E-state index contributed by atoms with van der Waals surface area (Å²) in [5.74, 6) is -1.19. The standard InChI is InChI=1S/C11H14FNO4/c1-8(7-16-2)17-11(15)6-13-5-9(12)3-4-10(13)14/h3-5,8H,6-7H2,1-2H3. The number of carbonyl (C=O) groups is 1. The summed E-state index contributed by atoms with van der Waals surface area (Å²) in [4.78, 5) is 22.7. The van der Waals surface area contributed by atoms with Crippen molar-refractivity contribution in [3.05, 3.63) is 34.5 Å². The highest BCUT2D eigenvalue weighted by atomic mass is 19.1. The van der Waals surface area contributed by atoms with E-state index in [9.17, 15) is 14.0 Å². The number of hydrogen-bond donors (Lipinski definition) is 0. The highest BCUT2D eigenvalue weighted by molar-refractivity contribution is 5.69. The van der Waals surface area contributed by atoms with Gasteiger partial charge in [0.2, 0.25) is 0 Å². The fourth-order valence-corrected chi connectivity index (χ4v) is 1.30. The van der Waals surface area contributed by atoms with Gasteiger partial charge in [0.1, 0.15) is 18.5 Å². The summed E-state index contributed by atoms with van der Waals surface area (Å²) in [5.41, 5.74) is -0.456. The molecule has 1 atom stereocenters. The van der Waals surface area contributed by atoms with Gasteiger partial charge in [-0.3, -0.25) is 9.59 Å². The Morgan fingerprint density at radius 1 is 1.53 bits per heavy atom. The Labute approximate surface area is 97.8 Å². The zero-order valence-electron chi connectivity index (χ0n) is 9.68. The number of esters is 1. The van der Waals surface area contributed by atoms with Gasteiger partial charge in [-0.15, -0.1) is 0 Å². The summed E-state index contributed by atoms with van der Waals surface area (Å²) in [6, 6.07) is 2.10. The van der Waals surface area contributed by atoms with Crippen LogP contribution < -0.4 is 5.56 Å². The van der Waals surface area contributed by atoms with Crippen molar-refractivity contribution in [1.29, 1.82) is 0 Å². The zero-order valence-corrected chi connectivity index (χ0v) is 9.68. The third-order valence-electron chi connectivity index (χ3n) is 1.98. The SMILES string of the molecule is COCC(C)OC(=O)Cn1cc(F)ccc1=O. The van der Waals surface area contributed by atoms with Gasteiger partial charge in [0.25, 0.3) is 5.56 Å². The van der Waals surface area contributed by atoms with E-state index in [0.717, 1.165) is 22.9 Å². The topological polar surface area (TPSA) is 57.5 Å². The van der Waals surface area contributed by atoms with E-state index >= 15 is 0 Å². The number of carbonyl (C=O) groups excluding carboxylic acids is 1. The summed E-state index contributed by atoms with van der Waals surface area (Å²) < 4.78 is 23.5. The molecule has 0 saturated carbocycles. The molecule has 1 rings (SSSR count). The molecule has 0 N–H and O–H groups in total. The molecule has 17 heavy (non-hydrogen) atoms. The number of aromatic nitrogens is 1. The number of rotatable bonds is 5. The van der Waals surface area contributed by atoms with Gasteiger partial charge in [-0.05, 0) is 13.0 Å². The first-order valence-electron chi connectivity index (χ1n) is 5.07. The first kappa shape index (κ1) is 13.4. The predicted octanol–water partition coefficient (Wildman–Crippen LogP) is 0.565. The molecular formula is C11H14FNO4. The van der Waals surface area contributed by atoms with Crippen molar-refractivity contribution in [2.75, 3.05) is 13.7 Å². The number of halogens is 1. The molecule has 6 heteroatoms. The molecule has 1 aromatic heterocycles. The number of ether oxygens (including phenoxy) is 2. The molecular weight excluding hydrogens is 229 g/mol. The zero-order chi connectivity index (χ0) is 12.8. The molecule has 0 aliphatic rings. The van der Waals surface area contributed by atoms with Crippen LogP contribution in [0.2, 0.25) is 0 Å². The van der Waals surface area contributed by atoms with Crippen molar-refractivity contribution in [2.45, 2.75) is 19.6 Å². The molecule has 0 aromatic carbocycles. The van der Waals surface area contributed by atoms with Crippen LogP contribution in [0.25, 0.3) is 0 Å². The smallest absolute Gasteiger partial charge is 0.326 e. The lowest BCUT2D eigenvalue weighted by Gasteiger charge is -2.12. The van der Waals surface area contributed by atoms with Crippen molar-refractivity contribution in [1.82, 2.24) is 4.57 Å². The van der Waals surface area contributed by atoms with Crippen LogP contribution in [0.1, 0.15) is 6.92 Å². The van der Waals surface area contributed by atoms with Gasteiger partial charge in [-0.25, -0.2) is 4.39 Å². The van der Waals surface area contributed by atoms with Crippen molar-refractivity contribution in [3.8, 4) is 0 Å². The molecule has 94 valence electrons. The van der Waals surface area contributed by atoms with E-state index in [4.69, 9.17) is 9.47 Å². The summed E-state index contributed by atoms with van der Waals surface area (Å²) in [7, 11) is 1.49. The molecule has 0 bridgehead atoms. The van der Waals surface area contributed by atoms with Gasteiger partial charge in [-0.1, -0.05) is 0 Å². The lowest BCUT2D eigenvalue weighted by atomic mass is 10.4. The van der Waals surface area contributed by atoms with Gasteiger partial charge in [-0.2, -0.15) is 0 Å². The first-order chi connectivity index (χ1) is 8.02. The van der Waals surface area contributed by atoms with Crippen LogP contribution in [0.5, 0.6) is 0 Å². The average molecular weight is 243 g/mol. The molecule has 0 aliphatic heterocycles. The van der Waals surface area contributed by atoms with E-state index in [1.54, 1.807) is 6.92 Å². The Kier molecular flexibility index (Phi) is 4.84. The number of hydrogen-bond acceptors (Lipinski definition) is 4. The van der Waals surface area contributed by atoms with E-state index in [2.05, 4.69) is 0 Å². The van der Waals surface area contributed by atoms with Crippen LogP contribution in [0.4, 0.5) is 4.39 Å². The van der Waals surface area contributed by atoms with E-state index in [0.29, 0.717) is 0 Å². The molecule has 0 spiro atoms. The summed E-state index contributed by atoms with van der Waals surface area (Å²) in [6.07, 6.45) is 0.557. The maximum atomic E-state index is 12.8. The maximum absolute atomic E-state index is 12.8. The van der Waals surface area contributed by atoms with E-state index in [-0.39, 0.29) is 13.2 Å². The number of methoxy groups -OCH3 is 1. The third-order valence-corrected chi connectivity index (χ3v) is 1.98. The van der Waals surface area contributed by atoms with Crippen molar-refractivity contribution >= 4 is 5.97 Å². The molecule has 0 aliphatic carbocycles. The van der Waals surface area contributed by atoms with Gasteiger partial charge in [0.05, 0.1) is 6.61 Å². The van der Waals surface area contributed by atoms with Gasteiger partial charge in [0, 0.05) is 19.4 Å². The van der Waals surface area contributed by atoms with E-state index in [1.165, 1.54) is 7.11 Å². The highest BCUT2D eigenvalue weighted by Gasteiger charge is 2.10. The second kappa shape index (κ2) is 6.15. The van der Waals surface area contributed by atoms with Gasteiger partial charge >= 0.3 is 5.97 Å². The van der Waals surface area contributed by atoms with Crippen LogP contribution in [-0.4, -0.2) is 30.4 Å². The van der Waals surface area contributed by atoms with Crippen LogP contribution in [0, 0.1) is 5.82 Å². The Hall–Kier alpha value is -1.69. The summed E-state index contributed by atoms with van der Waals surface area (Å²) in [5, 5.41) is 0. The average Bonchev–Trinajstić information content (AvgIpc) is 2.23. The number of pyridine rings is 1. The van der Waals surface area contributed by atoms with Crippen molar-refractivity contribution < 1.29 is 18.7 Å². The lowest BCUT2D eigenvalue weighted by molar-refractivity contribution is -0.151. The quantitative estimate of drug-likeness (QED) is 0.709. The Balaban J connectivity index is 2.62. The fourth-order valence-electron chi connectivity index (χ4n) is 1.30. The van der Waals surface area contributed by atoms with Crippen molar-refractivity contribution in [3.63, 3.8) is 0 Å². The molecule has 0 fully saturated rings. The summed E-state index contributed by atoms with van der Waals surface area (Å²) >= 11 is 0. The minimum absolute atomic E-state index is 0.268. The Morgan fingerprint density at radius 2 is 2.24 bits per heavy atom. The second-order valence-electron chi connectivity index (χ2n) is 3.57. The Morgan fingerprint density at radius 3 is 2.88 bits per heavy atom. The Bertz CT molecular complexity index is 443. The van der Waals surface area contributed by atoms with Gasteiger partial charge in [0.15, 0.2) is 0 Å². The van der Waals surface area contributed by atoms with E-state index in [1.807, 2.05) is 0 Å². The van der Waals surface area contributed by atoms with Crippen LogP contribution in [-0.2, 0) is 20.8 Å². The second-order valence-corrected chi connectivity index (χ2v) is 3.57. The fraction of sp³-hybridized carbons (Fsp3) is 0.455. The minimum Gasteiger partial charge on any atom is -0.459 e. The van der Waals surface area contributed by atoms with Gasteiger partial charge < -0.3 is 14.0 Å². The first-order valence-corrected chi connectivity index (χ1v) is 5.07. The molecule has 0 amide bonds. The van der Waals surface area contributed by atoms with E-state index < -0.39 is 23.4 Å². The third kappa shape index (κ3) is 4.36. The molecule has 5 nitrogen and oxygen atoms in total. The maximum Gasteiger partial charge on any atom is 0.326 e. The van der Waals surface area contributed by atoms with Crippen LogP contribution in [0.15, 0.2) is 23.1 Å². The largest absolute Gasteiger partial charge is 0.459 e. The number of nitrogens with zero attached hydrogens (tertiary/aromatic N) is 1. The molecule has 0 saturated heterocycles. The molecule has 1 heterocycles. The highest BCUT2D eigenvalue weighted by Crippen LogP contribution is 1.96. The monoisotopic (exact) mass is 243 g/mol. The lowest BCUT2D eigenvalue weighted by Crippen LogP contribution is -2.28. The normalized spacial score (nSPS) is 12.2. The molecule has 1 aromatic rings. The summed E-state index contributed by atoms with van der Waals surface area (Å²) in [6.45, 7) is 1.62. The minimum atomic E-state index is -0.609. The molecule has 1 unspecified atom stereocenters. The van der Waals surface area contributed by atoms with Crippen LogP contribution in [0.3, 0.4) is 0 Å². The van der Waals surface area contributed by atoms with Crippen molar-refractivity contribution in [2.24, 2.45) is 0 Å².